The number of nitrogens with zero attached hydrogens (tertiary/aromatic N) is 3. The predicted octanol–water partition coefficient (Wildman–Crippen LogP) is 4.22. The summed E-state index contributed by atoms with van der Waals surface area (Å²) in [7, 11) is 0. The summed E-state index contributed by atoms with van der Waals surface area (Å²) in [6, 6.07) is 7.79. The van der Waals surface area contributed by atoms with Crippen LogP contribution >= 0.6 is 22.9 Å². The van der Waals surface area contributed by atoms with Crippen molar-refractivity contribution in [2.45, 2.75) is 31.5 Å². The maximum atomic E-state index is 14.8. The summed E-state index contributed by atoms with van der Waals surface area (Å²) in [6.07, 6.45) is 1.89. The second-order valence-electron chi connectivity index (χ2n) is 7.52. The molecular formula is C21H21F3IN3O2. The zero-order valence-corrected chi connectivity index (χ0v) is 18.2. The fourth-order valence-electron chi connectivity index (χ4n) is 4.09. The number of hydrogen-bond acceptors (Lipinski definition) is 4. The third-order valence-corrected chi connectivity index (χ3v) is 6.63. The van der Waals surface area contributed by atoms with Gasteiger partial charge in [0, 0.05) is 13.1 Å². The maximum Gasteiger partial charge on any atom is 0.257 e. The van der Waals surface area contributed by atoms with Gasteiger partial charge >= 0.3 is 0 Å². The zero-order chi connectivity index (χ0) is 21.4. The van der Waals surface area contributed by atoms with Crippen LogP contribution < -0.4 is 3.11 Å². The third kappa shape index (κ3) is 3.78. The lowest BCUT2D eigenvalue weighted by atomic mass is 9.99. The minimum Gasteiger partial charge on any atom is -0.388 e. The van der Waals surface area contributed by atoms with E-state index in [1.54, 1.807) is 28.9 Å². The third-order valence-electron chi connectivity index (χ3n) is 5.63. The van der Waals surface area contributed by atoms with E-state index < -0.39 is 35.6 Å². The molecule has 0 radical (unpaired) electrons. The lowest BCUT2D eigenvalue weighted by Gasteiger charge is -2.51. The van der Waals surface area contributed by atoms with E-state index in [0.29, 0.717) is 0 Å². The van der Waals surface area contributed by atoms with E-state index in [0.717, 1.165) is 41.5 Å². The molecule has 2 aliphatic rings. The van der Waals surface area contributed by atoms with Gasteiger partial charge in [0.25, 0.3) is 5.91 Å². The number of hydrogen-bond donors (Lipinski definition) is 1. The fraction of sp³-hybridized carbons (Fsp3) is 0.381. The number of halogens is 4. The number of para-hydroxylation sites is 1. The minimum atomic E-state index is -1.23. The van der Waals surface area contributed by atoms with Crippen molar-refractivity contribution in [1.29, 1.82) is 0 Å². The molecule has 30 heavy (non-hydrogen) atoms. The molecule has 5 nitrogen and oxygen atoms in total. The van der Waals surface area contributed by atoms with E-state index >= 15 is 0 Å². The quantitative estimate of drug-likeness (QED) is 0.475. The number of aliphatic hydroxyl groups is 1. The second-order valence-corrected chi connectivity index (χ2v) is 8.49. The molecule has 0 bridgehead atoms. The van der Waals surface area contributed by atoms with Crippen molar-refractivity contribution >= 4 is 40.1 Å². The molecule has 2 aromatic carbocycles. The largest absolute Gasteiger partial charge is 0.388 e. The number of carbonyl (C=O) groups excluding carboxylic acids is 1. The predicted molar refractivity (Wildman–Crippen MR) is 115 cm³/mol. The lowest BCUT2D eigenvalue weighted by Crippen LogP contribution is -2.69. The van der Waals surface area contributed by atoms with Crippen molar-refractivity contribution in [3.63, 3.8) is 0 Å². The molecule has 2 atom stereocenters. The normalized spacial score (nSPS) is 22.0. The van der Waals surface area contributed by atoms with Crippen LogP contribution in [0.5, 0.6) is 0 Å². The number of anilines is 2. The number of aliphatic hydroxyl groups excluding tert-OH is 1. The van der Waals surface area contributed by atoms with Crippen molar-refractivity contribution < 1.29 is 23.1 Å². The van der Waals surface area contributed by atoms with Crippen molar-refractivity contribution in [2.75, 3.05) is 22.7 Å². The number of β-amino-alcohol motifs (C(OH)–C–C–N with tert-alkyl or cyclic N) is 1. The lowest BCUT2D eigenvalue weighted by molar-refractivity contribution is -0.119. The molecule has 0 spiro atoms. The first kappa shape index (κ1) is 21.4. The van der Waals surface area contributed by atoms with Gasteiger partial charge < -0.3 is 10.0 Å². The Morgan fingerprint density at radius 3 is 2.40 bits per heavy atom. The van der Waals surface area contributed by atoms with Crippen LogP contribution in [0.15, 0.2) is 36.4 Å². The highest BCUT2D eigenvalue weighted by Crippen LogP contribution is 2.38. The molecule has 1 unspecified atom stereocenters. The van der Waals surface area contributed by atoms with Crippen molar-refractivity contribution in [1.82, 2.24) is 9.80 Å². The number of rotatable bonds is 4. The second kappa shape index (κ2) is 8.72. The summed E-state index contributed by atoms with van der Waals surface area (Å²) in [4.78, 5) is 16.8. The monoisotopic (exact) mass is 531 g/mol. The Balaban J connectivity index is 1.70. The SMILES string of the molecule is O=C(c1ccc(F)c(F)c1N(I)c1ccccc1F)N1CC(O)[C@H]1N1CCCCC1. The molecular weight excluding hydrogens is 510 g/mol. The average molecular weight is 531 g/mol. The molecule has 0 aromatic heterocycles. The Labute approximate surface area is 186 Å². The van der Waals surface area contributed by atoms with Crippen LogP contribution in [0.3, 0.4) is 0 Å². The van der Waals surface area contributed by atoms with E-state index in [1.165, 1.54) is 29.2 Å². The van der Waals surface area contributed by atoms with Crippen molar-refractivity contribution in [3.05, 3.63) is 59.4 Å². The van der Waals surface area contributed by atoms with Gasteiger partial charge in [-0.25, -0.2) is 13.2 Å². The summed E-state index contributed by atoms with van der Waals surface area (Å²) in [5.41, 5.74) is -0.419. The van der Waals surface area contributed by atoms with Crippen molar-refractivity contribution in [2.24, 2.45) is 0 Å². The Hall–Kier alpha value is -1.85. The summed E-state index contributed by atoms with van der Waals surface area (Å²) in [5.74, 6) is -3.51. The summed E-state index contributed by atoms with van der Waals surface area (Å²) >= 11 is 1.66. The first-order valence-corrected chi connectivity index (χ1v) is 10.8. The van der Waals surface area contributed by atoms with Gasteiger partial charge in [-0.15, -0.1) is 0 Å². The highest BCUT2D eigenvalue weighted by atomic mass is 127. The highest BCUT2D eigenvalue weighted by Gasteiger charge is 2.45. The summed E-state index contributed by atoms with van der Waals surface area (Å²) in [6.45, 7) is 1.65. The zero-order valence-electron chi connectivity index (χ0n) is 16.1. The number of likely N-dealkylation sites (tertiary alicyclic amines) is 2. The Kier molecular flexibility index (Phi) is 6.21. The molecule has 2 aliphatic heterocycles. The summed E-state index contributed by atoms with van der Waals surface area (Å²) < 4.78 is 44.3. The molecule has 4 rings (SSSR count). The molecule has 9 heteroatoms. The molecule has 0 aliphatic carbocycles. The van der Waals surface area contributed by atoms with Crippen LogP contribution in [0.25, 0.3) is 0 Å². The van der Waals surface area contributed by atoms with Crippen molar-refractivity contribution in [3.8, 4) is 0 Å². The van der Waals surface area contributed by atoms with E-state index in [4.69, 9.17) is 0 Å². The van der Waals surface area contributed by atoms with Crippen LogP contribution in [0.4, 0.5) is 24.5 Å². The molecule has 2 fully saturated rings. The van der Waals surface area contributed by atoms with E-state index in [2.05, 4.69) is 0 Å². The van der Waals surface area contributed by atoms with Gasteiger partial charge in [-0.3, -0.25) is 12.8 Å². The average Bonchev–Trinajstić information content (AvgIpc) is 2.74. The maximum absolute atomic E-state index is 14.8. The first-order valence-electron chi connectivity index (χ1n) is 9.81. The van der Waals surface area contributed by atoms with Gasteiger partial charge in [-0.05, 0) is 37.1 Å². The smallest absolute Gasteiger partial charge is 0.257 e. The van der Waals surface area contributed by atoms with Crippen LogP contribution in [-0.2, 0) is 0 Å². The molecule has 0 saturated carbocycles. The standard InChI is InChI=1S/C21H21F3IN3O2/c22-14-6-2-3-7-16(14)28(25)19-13(8-9-15(23)18(19)24)21(30)27-12-17(29)20(27)26-10-4-1-5-11-26/h2-3,6-9,17,20,29H,1,4-5,10-12H2/t17?,20-/m0/s1. The van der Waals surface area contributed by atoms with Crippen LogP contribution in [0.1, 0.15) is 29.6 Å². The molecule has 1 amide bonds. The topological polar surface area (TPSA) is 47.0 Å². The number of piperidine rings is 1. The van der Waals surface area contributed by atoms with Crippen LogP contribution in [-0.4, -0.2) is 52.7 Å². The molecule has 2 heterocycles. The molecule has 1 N–H and O–H groups in total. The number of amides is 1. The van der Waals surface area contributed by atoms with E-state index in [-0.39, 0.29) is 23.5 Å². The van der Waals surface area contributed by atoms with Gasteiger partial charge in [0.1, 0.15) is 23.8 Å². The van der Waals surface area contributed by atoms with Gasteiger partial charge in [-0.2, -0.15) is 0 Å². The van der Waals surface area contributed by atoms with Gasteiger partial charge in [0.2, 0.25) is 0 Å². The van der Waals surface area contributed by atoms with E-state index in [9.17, 15) is 23.1 Å². The van der Waals surface area contributed by atoms with Gasteiger partial charge in [0.05, 0.1) is 40.7 Å². The molecule has 160 valence electrons. The Morgan fingerprint density at radius 1 is 1.03 bits per heavy atom. The van der Waals surface area contributed by atoms with Gasteiger partial charge in [-0.1, -0.05) is 18.6 Å². The highest BCUT2D eigenvalue weighted by molar-refractivity contribution is 14.1. The Morgan fingerprint density at radius 2 is 1.73 bits per heavy atom. The number of benzene rings is 2. The van der Waals surface area contributed by atoms with Crippen LogP contribution in [0.2, 0.25) is 0 Å². The summed E-state index contributed by atoms with van der Waals surface area (Å²) in [5, 5.41) is 10.3. The molecule has 2 aromatic rings. The first-order chi connectivity index (χ1) is 14.4. The minimum absolute atomic E-state index is 0.00729. The molecule has 2 saturated heterocycles. The van der Waals surface area contributed by atoms with E-state index in [1.807, 2.05) is 4.90 Å². The fourth-order valence-corrected chi connectivity index (χ4v) is 4.95. The number of carbonyl (C=O) groups is 1. The Bertz CT molecular complexity index is 955. The van der Waals surface area contributed by atoms with Crippen LogP contribution in [0, 0.1) is 17.5 Å². The van der Waals surface area contributed by atoms with Gasteiger partial charge in [0.15, 0.2) is 11.6 Å².